The minimum absolute atomic E-state index is 0.218. The van der Waals surface area contributed by atoms with Crippen molar-refractivity contribution in [2.75, 3.05) is 25.7 Å². The second-order valence-electron chi connectivity index (χ2n) is 6.19. The molecule has 0 radical (unpaired) electrons. The Morgan fingerprint density at radius 1 is 1.16 bits per heavy atom. The number of anilines is 1. The average Bonchev–Trinajstić information content (AvgIpc) is 3.29. The van der Waals surface area contributed by atoms with Gasteiger partial charge in [0.25, 0.3) is 5.78 Å². The zero-order valence-electron chi connectivity index (χ0n) is 14.6. The van der Waals surface area contributed by atoms with Crippen molar-refractivity contribution in [2.24, 2.45) is 0 Å². The number of aryl methyl sites for hydroxylation is 1. The summed E-state index contributed by atoms with van der Waals surface area (Å²) in [5.74, 6) is 3.28. The Bertz CT molecular complexity index is 908. The fourth-order valence-electron chi connectivity index (χ4n) is 3.57. The predicted molar refractivity (Wildman–Crippen MR) is 94.4 cm³/mol. The number of fused-ring (bicyclic) bond motifs is 1. The van der Waals surface area contributed by atoms with Gasteiger partial charge in [-0.3, -0.25) is 0 Å². The summed E-state index contributed by atoms with van der Waals surface area (Å²) in [6.07, 6.45) is 3.71. The summed E-state index contributed by atoms with van der Waals surface area (Å²) in [6, 6.07) is 8.30. The normalized spacial score (nSPS) is 17.2. The molecule has 25 heavy (non-hydrogen) atoms. The van der Waals surface area contributed by atoms with Gasteiger partial charge in [-0.15, -0.1) is 0 Å². The van der Waals surface area contributed by atoms with Gasteiger partial charge in [0.05, 0.1) is 20.3 Å². The molecule has 1 aromatic carbocycles. The second-order valence-corrected chi connectivity index (χ2v) is 6.19. The lowest BCUT2D eigenvalue weighted by Gasteiger charge is -2.28. The average molecular weight is 339 g/mol. The van der Waals surface area contributed by atoms with Crippen molar-refractivity contribution in [1.29, 1.82) is 0 Å². The summed E-state index contributed by atoms with van der Waals surface area (Å²) in [6.45, 7) is 2.94. The Hall–Kier alpha value is -2.83. The van der Waals surface area contributed by atoms with E-state index in [9.17, 15) is 0 Å². The van der Waals surface area contributed by atoms with Crippen LogP contribution in [0.5, 0.6) is 11.5 Å². The predicted octanol–water partition coefficient (Wildman–Crippen LogP) is 2.79. The molecule has 0 aliphatic carbocycles. The van der Waals surface area contributed by atoms with Crippen LogP contribution in [0.4, 0.5) is 5.82 Å². The smallest absolute Gasteiger partial charge is 0.254 e. The van der Waals surface area contributed by atoms with Crippen molar-refractivity contribution >= 4 is 11.6 Å². The Morgan fingerprint density at radius 2 is 2.04 bits per heavy atom. The fraction of sp³-hybridized carbons (Fsp3) is 0.389. The summed E-state index contributed by atoms with van der Waals surface area (Å²) in [5, 5.41) is 4.35. The van der Waals surface area contributed by atoms with Crippen LogP contribution >= 0.6 is 0 Å². The van der Waals surface area contributed by atoms with Gasteiger partial charge in [-0.1, -0.05) is 0 Å². The fourth-order valence-corrected chi connectivity index (χ4v) is 3.57. The van der Waals surface area contributed by atoms with Crippen LogP contribution in [0.25, 0.3) is 5.78 Å². The SMILES string of the molecule is COc1ccc([C@H]2CCCN2c2cc(C)nc3ncnn23)c(OC)c1. The van der Waals surface area contributed by atoms with Gasteiger partial charge in [0.15, 0.2) is 0 Å². The Kier molecular flexibility index (Phi) is 3.91. The maximum atomic E-state index is 5.63. The molecule has 130 valence electrons. The molecule has 0 amide bonds. The Balaban J connectivity index is 1.79. The van der Waals surface area contributed by atoms with Gasteiger partial charge in [-0.25, -0.2) is 4.98 Å². The molecule has 1 atom stereocenters. The van der Waals surface area contributed by atoms with Crippen LogP contribution in [-0.2, 0) is 0 Å². The number of hydrogen-bond donors (Lipinski definition) is 0. The molecular weight excluding hydrogens is 318 g/mol. The minimum Gasteiger partial charge on any atom is -0.497 e. The molecule has 7 nitrogen and oxygen atoms in total. The molecule has 1 fully saturated rings. The summed E-state index contributed by atoms with van der Waals surface area (Å²) in [7, 11) is 3.36. The van der Waals surface area contributed by atoms with Crippen LogP contribution in [0.15, 0.2) is 30.6 Å². The van der Waals surface area contributed by atoms with E-state index in [1.807, 2.05) is 19.1 Å². The van der Waals surface area contributed by atoms with Crippen LogP contribution < -0.4 is 14.4 Å². The van der Waals surface area contributed by atoms with Crippen molar-refractivity contribution in [3.63, 3.8) is 0 Å². The Labute approximate surface area is 146 Å². The molecule has 2 aromatic heterocycles. The third kappa shape index (κ3) is 2.65. The summed E-state index contributed by atoms with van der Waals surface area (Å²) in [4.78, 5) is 11.0. The zero-order valence-corrected chi connectivity index (χ0v) is 14.6. The molecule has 1 aliphatic heterocycles. The van der Waals surface area contributed by atoms with Crippen LogP contribution in [-0.4, -0.2) is 40.3 Å². The lowest BCUT2D eigenvalue weighted by atomic mass is 10.0. The number of hydrogen-bond acceptors (Lipinski definition) is 6. The summed E-state index contributed by atoms with van der Waals surface area (Å²) >= 11 is 0. The first-order valence-corrected chi connectivity index (χ1v) is 8.37. The molecule has 0 spiro atoms. The largest absolute Gasteiger partial charge is 0.497 e. The summed E-state index contributed by atoms with van der Waals surface area (Å²) in [5.41, 5.74) is 2.09. The van der Waals surface area contributed by atoms with Crippen LogP contribution in [0.3, 0.4) is 0 Å². The van der Waals surface area contributed by atoms with Crippen molar-refractivity contribution in [3.8, 4) is 11.5 Å². The molecule has 1 aliphatic rings. The second kappa shape index (κ2) is 6.23. The number of aromatic nitrogens is 4. The van der Waals surface area contributed by atoms with Gasteiger partial charge in [-0.2, -0.15) is 14.6 Å². The van der Waals surface area contributed by atoms with E-state index in [0.29, 0.717) is 5.78 Å². The van der Waals surface area contributed by atoms with E-state index < -0.39 is 0 Å². The lowest BCUT2D eigenvalue weighted by Crippen LogP contribution is -2.25. The van der Waals surface area contributed by atoms with Gasteiger partial charge < -0.3 is 14.4 Å². The Morgan fingerprint density at radius 3 is 2.84 bits per heavy atom. The standard InChI is InChI=1S/C18H21N5O2/c1-12-9-17(23-18(21-12)19-11-20-23)22-8-4-5-15(22)14-7-6-13(24-2)10-16(14)25-3/h6-7,9-11,15H,4-5,8H2,1-3H3/t15-/m1/s1. The molecule has 0 N–H and O–H groups in total. The number of rotatable bonds is 4. The highest BCUT2D eigenvalue weighted by Crippen LogP contribution is 2.41. The first-order valence-electron chi connectivity index (χ1n) is 8.37. The molecule has 7 heteroatoms. The highest BCUT2D eigenvalue weighted by Gasteiger charge is 2.30. The molecule has 1 saturated heterocycles. The molecule has 4 rings (SSSR count). The van der Waals surface area contributed by atoms with Gasteiger partial charge in [0.1, 0.15) is 23.6 Å². The van der Waals surface area contributed by atoms with Crippen LogP contribution in [0.2, 0.25) is 0 Å². The van der Waals surface area contributed by atoms with Crippen molar-refractivity contribution < 1.29 is 9.47 Å². The van der Waals surface area contributed by atoms with Gasteiger partial charge in [0, 0.05) is 29.9 Å². The topological polar surface area (TPSA) is 64.8 Å². The number of ether oxygens (including phenoxy) is 2. The first kappa shape index (κ1) is 15.7. The van der Waals surface area contributed by atoms with Gasteiger partial charge >= 0.3 is 0 Å². The third-order valence-corrected chi connectivity index (χ3v) is 4.71. The monoisotopic (exact) mass is 339 g/mol. The first-order chi connectivity index (χ1) is 12.2. The quantitative estimate of drug-likeness (QED) is 0.728. The van der Waals surface area contributed by atoms with Crippen molar-refractivity contribution in [3.05, 3.63) is 41.9 Å². The number of methoxy groups -OCH3 is 2. The van der Waals surface area contributed by atoms with Gasteiger partial charge in [-0.05, 0) is 31.9 Å². The zero-order chi connectivity index (χ0) is 17.4. The van der Waals surface area contributed by atoms with E-state index in [0.717, 1.165) is 48.0 Å². The molecule has 0 unspecified atom stereocenters. The van der Waals surface area contributed by atoms with E-state index in [4.69, 9.17) is 9.47 Å². The molecule has 0 saturated carbocycles. The lowest BCUT2D eigenvalue weighted by molar-refractivity contribution is 0.388. The van der Waals surface area contributed by atoms with Crippen LogP contribution in [0.1, 0.15) is 30.1 Å². The van der Waals surface area contributed by atoms with Crippen LogP contribution in [0, 0.1) is 6.92 Å². The molecular formula is C18H21N5O2. The highest BCUT2D eigenvalue weighted by molar-refractivity contribution is 5.53. The third-order valence-electron chi connectivity index (χ3n) is 4.71. The summed E-state index contributed by atoms with van der Waals surface area (Å²) < 4.78 is 12.8. The maximum absolute atomic E-state index is 5.63. The van der Waals surface area contributed by atoms with Crippen molar-refractivity contribution in [2.45, 2.75) is 25.8 Å². The van der Waals surface area contributed by atoms with E-state index in [1.165, 1.54) is 0 Å². The van der Waals surface area contributed by atoms with Crippen molar-refractivity contribution in [1.82, 2.24) is 19.6 Å². The van der Waals surface area contributed by atoms with E-state index in [-0.39, 0.29) is 6.04 Å². The van der Waals surface area contributed by atoms with E-state index in [1.54, 1.807) is 25.1 Å². The molecule has 3 heterocycles. The van der Waals surface area contributed by atoms with E-state index in [2.05, 4.69) is 32.1 Å². The van der Waals surface area contributed by atoms with E-state index >= 15 is 0 Å². The minimum atomic E-state index is 0.218. The number of benzene rings is 1. The van der Waals surface area contributed by atoms with Gasteiger partial charge in [0.2, 0.25) is 0 Å². The maximum Gasteiger partial charge on any atom is 0.254 e. The highest BCUT2D eigenvalue weighted by atomic mass is 16.5. The number of nitrogens with zero attached hydrogens (tertiary/aromatic N) is 5. The molecule has 0 bridgehead atoms. The molecule has 3 aromatic rings.